The Kier molecular flexibility index (Phi) is 6.48. The third-order valence-electron chi connectivity index (χ3n) is 4.62. The summed E-state index contributed by atoms with van der Waals surface area (Å²) in [6, 6.07) is 17.5. The van der Waals surface area contributed by atoms with Gasteiger partial charge in [-0.3, -0.25) is 9.59 Å². The van der Waals surface area contributed by atoms with Gasteiger partial charge in [0, 0.05) is 17.1 Å². The molecule has 5 nitrogen and oxygen atoms in total. The second-order valence-electron chi connectivity index (χ2n) is 7.36. The van der Waals surface area contributed by atoms with Crippen molar-refractivity contribution >= 4 is 22.8 Å². The van der Waals surface area contributed by atoms with Crippen molar-refractivity contribution in [3.05, 3.63) is 71.9 Å². The van der Waals surface area contributed by atoms with Crippen LogP contribution < -0.4 is 5.32 Å². The number of carbonyl (C=O) groups is 2. The summed E-state index contributed by atoms with van der Waals surface area (Å²) in [5.74, 6) is -0.281. The Morgan fingerprint density at radius 2 is 1.75 bits per heavy atom. The van der Waals surface area contributed by atoms with Gasteiger partial charge >= 0.3 is 5.97 Å². The number of fused-ring (bicyclic) bond motifs is 1. The first-order chi connectivity index (χ1) is 13.5. The highest BCUT2D eigenvalue weighted by Gasteiger charge is 2.17. The number of esters is 1. The quantitative estimate of drug-likeness (QED) is 0.578. The van der Waals surface area contributed by atoms with E-state index in [0.29, 0.717) is 5.92 Å². The zero-order valence-corrected chi connectivity index (χ0v) is 16.3. The number of benzene rings is 2. The molecular formula is C23H26N2O3. The Balaban J connectivity index is 1.54. The number of para-hydroxylation sites is 1. The van der Waals surface area contributed by atoms with E-state index in [0.717, 1.165) is 28.5 Å². The van der Waals surface area contributed by atoms with Gasteiger partial charge in [-0.25, -0.2) is 0 Å². The fourth-order valence-electron chi connectivity index (χ4n) is 3.30. The van der Waals surface area contributed by atoms with Crippen LogP contribution in [-0.4, -0.2) is 23.5 Å². The van der Waals surface area contributed by atoms with Crippen LogP contribution in [0, 0.1) is 5.92 Å². The summed E-state index contributed by atoms with van der Waals surface area (Å²) in [5, 5.41) is 3.98. The van der Waals surface area contributed by atoms with Crippen LogP contribution in [0.3, 0.4) is 0 Å². The monoisotopic (exact) mass is 378 g/mol. The van der Waals surface area contributed by atoms with Gasteiger partial charge < -0.3 is 15.0 Å². The van der Waals surface area contributed by atoms with Crippen molar-refractivity contribution in [2.45, 2.75) is 32.7 Å². The average molecular weight is 378 g/mol. The number of rotatable bonds is 8. The topological polar surface area (TPSA) is 71.2 Å². The summed E-state index contributed by atoms with van der Waals surface area (Å²) < 4.78 is 5.20. The lowest BCUT2D eigenvalue weighted by molar-refractivity contribution is -0.148. The highest BCUT2D eigenvalue weighted by Crippen LogP contribution is 2.21. The number of H-pyrrole nitrogens is 1. The third-order valence-corrected chi connectivity index (χ3v) is 4.62. The predicted octanol–water partition coefficient (Wildman–Crippen LogP) is 4.16. The maximum atomic E-state index is 12.3. The summed E-state index contributed by atoms with van der Waals surface area (Å²) in [5.41, 5.74) is 2.89. The second-order valence-corrected chi connectivity index (χ2v) is 7.36. The van der Waals surface area contributed by atoms with Gasteiger partial charge in [0.25, 0.3) is 5.91 Å². The Hall–Kier alpha value is -3.08. The fourth-order valence-corrected chi connectivity index (χ4v) is 3.30. The Morgan fingerprint density at radius 1 is 1.04 bits per heavy atom. The molecule has 1 amide bonds. The fraction of sp³-hybridized carbons (Fsp3) is 0.304. The number of hydrogen-bond acceptors (Lipinski definition) is 3. The van der Waals surface area contributed by atoms with E-state index in [1.807, 2.05) is 54.6 Å². The van der Waals surface area contributed by atoms with Gasteiger partial charge in [-0.15, -0.1) is 0 Å². The van der Waals surface area contributed by atoms with Crippen molar-refractivity contribution in [3.63, 3.8) is 0 Å². The van der Waals surface area contributed by atoms with Gasteiger partial charge in [-0.2, -0.15) is 0 Å². The van der Waals surface area contributed by atoms with Crippen molar-refractivity contribution in [2.75, 3.05) is 6.61 Å². The van der Waals surface area contributed by atoms with Gasteiger partial charge in [-0.1, -0.05) is 62.4 Å². The highest BCUT2D eigenvalue weighted by molar-refractivity contribution is 5.88. The first-order valence-electron chi connectivity index (χ1n) is 9.58. The molecule has 1 atom stereocenters. The molecule has 0 aliphatic carbocycles. The number of aromatic nitrogens is 1. The number of amides is 1. The Bertz CT molecular complexity index is 931. The van der Waals surface area contributed by atoms with Crippen LogP contribution in [0.4, 0.5) is 0 Å². The lowest BCUT2D eigenvalue weighted by Gasteiger charge is -2.21. The van der Waals surface area contributed by atoms with Gasteiger partial charge in [0.15, 0.2) is 6.61 Å². The molecule has 0 saturated heterocycles. The summed E-state index contributed by atoms with van der Waals surface area (Å²) in [4.78, 5) is 27.6. The van der Waals surface area contributed by atoms with Crippen LogP contribution >= 0.6 is 0 Å². The molecule has 0 aliphatic heterocycles. The summed E-state index contributed by atoms with van der Waals surface area (Å²) in [7, 11) is 0. The minimum atomic E-state index is -0.417. The van der Waals surface area contributed by atoms with Crippen molar-refractivity contribution in [1.82, 2.24) is 10.3 Å². The molecule has 0 unspecified atom stereocenters. The molecule has 0 fully saturated rings. The third kappa shape index (κ3) is 5.22. The number of hydrogen-bond donors (Lipinski definition) is 2. The maximum Gasteiger partial charge on any atom is 0.310 e. The largest absolute Gasteiger partial charge is 0.455 e. The molecule has 2 aromatic carbocycles. The van der Waals surface area contributed by atoms with Crippen LogP contribution in [0.2, 0.25) is 0 Å². The van der Waals surface area contributed by atoms with Crippen molar-refractivity contribution in [1.29, 1.82) is 0 Å². The van der Waals surface area contributed by atoms with E-state index in [1.165, 1.54) is 0 Å². The standard InChI is InChI=1S/C23H26N2O3/c1-16(2)12-21(17-8-4-3-5-9-17)25-22(26)15-28-23(27)13-18-14-24-20-11-7-6-10-19(18)20/h3-11,14,16,21,24H,12-13,15H2,1-2H3,(H,25,26)/t21-/m1/s1. The van der Waals surface area contributed by atoms with E-state index in [-0.39, 0.29) is 25.0 Å². The molecule has 3 aromatic rings. The number of ether oxygens (including phenoxy) is 1. The smallest absolute Gasteiger partial charge is 0.310 e. The number of nitrogens with one attached hydrogen (secondary N) is 2. The Morgan fingerprint density at radius 3 is 2.50 bits per heavy atom. The minimum absolute atomic E-state index is 0.0963. The van der Waals surface area contributed by atoms with Crippen LogP contribution in [0.25, 0.3) is 10.9 Å². The minimum Gasteiger partial charge on any atom is -0.455 e. The van der Waals surface area contributed by atoms with Crippen molar-refractivity contribution < 1.29 is 14.3 Å². The van der Waals surface area contributed by atoms with E-state index in [9.17, 15) is 9.59 Å². The van der Waals surface area contributed by atoms with Crippen LogP contribution in [0.5, 0.6) is 0 Å². The molecule has 146 valence electrons. The van der Waals surface area contributed by atoms with Gasteiger partial charge in [0.05, 0.1) is 12.5 Å². The Labute approximate surface area is 165 Å². The van der Waals surface area contributed by atoms with Crippen LogP contribution in [0.15, 0.2) is 60.8 Å². The zero-order chi connectivity index (χ0) is 19.9. The van der Waals surface area contributed by atoms with Crippen molar-refractivity contribution in [3.8, 4) is 0 Å². The number of carbonyl (C=O) groups excluding carboxylic acids is 2. The molecule has 3 rings (SSSR count). The normalized spacial score (nSPS) is 12.1. The van der Waals surface area contributed by atoms with E-state index in [4.69, 9.17) is 4.74 Å². The molecule has 0 saturated carbocycles. The molecule has 1 aromatic heterocycles. The summed E-state index contributed by atoms with van der Waals surface area (Å²) >= 11 is 0. The molecule has 2 N–H and O–H groups in total. The van der Waals surface area contributed by atoms with Crippen LogP contribution in [-0.2, 0) is 20.7 Å². The molecule has 0 aliphatic rings. The van der Waals surface area contributed by atoms with E-state index < -0.39 is 5.97 Å². The summed E-state index contributed by atoms with van der Waals surface area (Å²) in [6.07, 6.45) is 2.75. The van der Waals surface area contributed by atoms with Gasteiger partial charge in [0.1, 0.15) is 0 Å². The lowest BCUT2D eigenvalue weighted by Crippen LogP contribution is -2.33. The molecule has 0 bridgehead atoms. The second kappa shape index (κ2) is 9.22. The molecule has 5 heteroatoms. The zero-order valence-electron chi connectivity index (χ0n) is 16.3. The first kappa shape index (κ1) is 19.7. The number of aromatic amines is 1. The van der Waals surface area contributed by atoms with E-state index in [1.54, 1.807) is 6.20 Å². The lowest BCUT2D eigenvalue weighted by atomic mass is 9.97. The summed E-state index contributed by atoms with van der Waals surface area (Å²) in [6.45, 7) is 3.95. The molecule has 28 heavy (non-hydrogen) atoms. The molecule has 0 radical (unpaired) electrons. The van der Waals surface area contributed by atoms with Crippen molar-refractivity contribution in [2.24, 2.45) is 5.92 Å². The maximum absolute atomic E-state index is 12.3. The van der Waals surface area contributed by atoms with Crippen LogP contribution in [0.1, 0.15) is 37.4 Å². The molecular weight excluding hydrogens is 352 g/mol. The average Bonchev–Trinajstić information content (AvgIpc) is 3.09. The first-order valence-corrected chi connectivity index (χ1v) is 9.58. The van der Waals surface area contributed by atoms with Gasteiger partial charge in [0.2, 0.25) is 0 Å². The highest BCUT2D eigenvalue weighted by atomic mass is 16.5. The van der Waals surface area contributed by atoms with E-state index in [2.05, 4.69) is 24.1 Å². The van der Waals surface area contributed by atoms with Gasteiger partial charge in [-0.05, 0) is 29.5 Å². The SMILES string of the molecule is CC(C)C[C@@H](NC(=O)COC(=O)Cc1c[nH]c2ccccc12)c1ccccc1. The predicted molar refractivity (Wildman–Crippen MR) is 110 cm³/mol. The van der Waals surface area contributed by atoms with E-state index >= 15 is 0 Å². The molecule has 0 spiro atoms. The molecule has 1 heterocycles.